The molecule has 4 aromatic rings. The maximum atomic E-state index is 13.3. The molecule has 0 amide bonds. The van der Waals surface area contributed by atoms with E-state index in [-0.39, 0.29) is 0 Å². The number of hydrogen-bond donors (Lipinski definition) is 0. The number of aromatic nitrogens is 4. The number of hydrogen-bond acceptors (Lipinski definition) is 4. The summed E-state index contributed by atoms with van der Waals surface area (Å²) in [5.74, 6) is -32.5. The maximum absolute atomic E-state index is 13.3. The first kappa shape index (κ1) is 33.0. The van der Waals surface area contributed by atoms with E-state index in [0.29, 0.717) is 0 Å². The van der Waals surface area contributed by atoms with Crippen LogP contribution in [0.25, 0.3) is 0 Å². The fourth-order valence-corrected chi connectivity index (χ4v) is 6.21. The van der Waals surface area contributed by atoms with Gasteiger partial charge >= 0.3 is 232 Å². The Morgan fingerprint density at radius 3 is 0.476 bits per heavy atom. The number of rotatable bonds is 4. The molecule has 0 bridgehead atoms. The molecule has 4 nitrogen and oxygen atoms in total. The zero-order valence-corrected chi connectivity index (χ0v) is 22.1. The van der Waals surface area contributed by atoms with Crippen LogP contribution in [0.2, 0.25) is 0 Å². The van der Waals surface area contributed by atoms with Crippen molar-refractivity contribution in [3.8, 4) is 0 Å². The van der Waals surface area contributed by atoms with Crippen LogP contribution in [0.1, 0.15) is 0 Å². The molecule has 22 heteroatoms. The van der Waals surface area contributed by atoms with Gasteiger partial charge in [0.05, 0.1) is 0 Å². The first-order valence-corrected chi connectivity index (χ1v) is 13.1. The summed E-state index contributed by atoms with van der Waals surface area (Å²) in [6.07, 6.45) is 0. The molecule has 0 aliphatic carbocycles. The Hall–Kier alpha value is -3.48. The van der Waals surface area contributed by atoms with Crippen molar-refractivity contribution in [1.82, 2.24) is 19.9 Å². The predicted octanol–water partition coefficient (Wildman–Crippen LogP) is 2.49. The van der Waals surface area contributed by atoms with Gasteiger partial charge < -0.3 is 0 Å². The first-order valence-electron chi connectivity index (χ1n) is 9.63. The van der Waals surface area contributed by atoms with Gasteiger partial charge in [-0.3, -0.25) is 0 Å². The molecule has 0 radical (unpaired) electrons. The Labute approximate surface area is 232 Å². The molecule has 4 heterocycles. The van der Waals surface area contributed by atoms with Crippen molar-refractivity contribution in [2.24, 2.45) is 0 Å². The number of nitrogens with zero attached hydrogens (tertiary/aromatic N) is 4. The van der Waals surface area contributed by atoms with Crippen molar-refractivity contribution in [1.29, 1.82) is 0 Å². The summed E-state index contributed by atoms with van der Waals surface area (Å²) in [5.41, 5.74) is 0. The van der Waals surface area contributed by atoms with Gasteiger partial charge in [0.2, 0.25) is 0 Å². The van der Waals surface area contributed by atoms with E-state index in [0.717, 1.165) is 0 Å². The summed E-state index contributed by atoms with van der Waals surface area (Å²) in [6, 6.07) is 0. The standard InChI is InChI=1S/2C10F8N2Se/c2*11-1-5(2(12)8(16)19-7(1)15)21-6-3(13)9(17)20-10(18)4(6)14. The molecule has 0 aliphatic rings. The average Bonchev–Trinajstić information content (AvgIpc) is 2.92. The second kappa shape index (κ2) is 12.8. The van der Waals surface area contributed by atoms with Gasteiger partial charge in [0.1, 0.15) is 0 Å². The van der Waals surface area contributed by atoms with Gasteiger partial charge in [-0.25, -0.2) is 0 Å². The molecule has 4 aromatic heterocycles. The summed E-state index contributed by atoms with van der Waals surface area (Å²) in [5, 5.41) is 0. The summed E-state index contributed by atoms with van der Waals surface area (Å²) >= 11 is -4.31. The minimum atomic E-state index is -2.16. The summed E-state index contributed by atoms with van der Waals surface area (Å²) in [7, 11) is 0. The zero-order chi connectivity index (χ0) is 31.8. The quantitative estimate of drug-likeness (QED) is 0.183. The van der Waals surface area contributed by atoms with Gasteiger partial charge in [0, 0.05) is 0 Å². The van der Waals surface area contributed by atoms with E-state index >= 15 is 0 Å². The van der Waals surface area contributed by atoms with E-state index in [1.807, 2.05) is 0 Å². The van der Waals surface area contributed by atoms with Crippen LogP contribution in [0.15, 0.2) is 0 Å². The summed E-state index contributed by atoms with van der Waals surface area (Å²) in [6.45, 7) is 0. The topological polar surface area (TPSA) is 51.6 Å². The van der Waals surface area contributed by atoms with Crippen LogP contribution < -0.4 is 17.8 Å². The Balaban J connectivity index is 0.000000230. The van der Waals surface area contributed by atoms with E-state index in [4.69, 9.17) is 0 Å². The molecule has 4 rings (SSSR count). The molecular formula is C20F16N4Se2. The Morgan fingerprint density at radius 2 is 0.357 bits per heavy atom. The van der Waals surface area contributed by atoms with Gasteiger partial charge in [0.25, 0.3) is 0 Å². The molecule has 0 N–H and O–H groups in total. The molecule has 0 saturated carbocycles. The van der Waals surface area contributed by atoms with E-state index in [9.17, 15) is 70.2 Å². The molecule has 0 atom stereocenters. The van der Waals surface area contributed by atoms with Crippen LogP contribution in [-0.2, 0) is 0 Å². The molecule has 0 unspecified atom stereocenters. The first-order chi connectivity index (χ1) is 19.5. The normalized spacial score (nSPS) is 11.0. The van der Waals surface area contributed by atoms with Crippen LogP contribution >= 0.6 is 0 Å². The van der Waals surface area contributed by atoms with Crippen LogP contribution in [0, 0.1) is 94.1 Å². The molecule has 0 aliphatic heterocycles. The van der Waals surface area contributed by atoms with E-state index < -0.39 is 142 Å². The third-order valence-corrected chi connectivity index (χ3v) is 8.96. The van der Waals surface area contributed by atoms with Crippen LogP contribution in [-0.4, -0.2) is 49.8 Å². The second-order valence-corrected chi connectivity index (χ2v) is 11.1. The van der Waals surface area contributed by atoms with Crippen molar-refractivity contribution in [2.45, 2.75) is 0 Å². The minimum absolute atomic E-state index is 1.41. The van der Waals surface area contributed by atoms with Crippen molar-refractivity contribution >= 4 is 47.8 Å². The fraction of sp³-hybridized carbons (Fsp3) is 0. The number of pyridine rings is 4. The van der Waals surface area contributed by atoms with Gasteiger partial charge in [-0.1, -0.05) is 0 Å². The van der Waals surface area contributed by atoms with Crippen LogP contribution in [0.3, 0.4) is 0 Å². The molecule has 0 aromatic carbocycles. The monoisotopic (exact) mass is 760 g/mol. The van der Waals surface area contributed by atoms with Crippen molar-refractivity contribution in [2.75, 3.05) is 0 Å². The number of halogens is 16. The third kappa shape index (κ3) is 6.45. The van der Waals surface area contributed by atoms with Gasteiger partial charge in [-0.05, 0) is 0 Å². The fourth-order valence-electron chi connectivity index (χ4n) is 2.43. The van der Waals surface area contributed by atoms with Crippen molar-refractivity contribution in [3.05, 3.63) is 94.1 Å². The predicted molar refractivity (Wildman–Crippen MR) is 106 cm³/mol. The van der Waals surface area contributed by atoms with Gasteiger partial charge in [0.15, 0.2) is 0 Å². The molecule has 0 fully saturated rings. The average molecular weight is 758 g/mol. The SMILES string of the molecule is Fc1nc(F)c(F)c([Se]c2c(F)c(F)nc(F)c2F)c1F.Fc1nc(F)c(F)c([Se]c2c(F)c(F)nc(F)c2F)c1F. The Morgan fingerprint density at radius 1 is 0.238 bits per heavy atom. The van der Waals surface area contributed by atoms with E-state index in [2.05, 4.69) is 19.9 Å². The van der Waals surface area contributed by atoms with Crippen molar-refractivity contribution < 1.29 is 70.2 Å². The van der Waals surface area contributed by atoms with Crippen molar-refractivity contribution in [3.63, 3.8) is 0 Å². The second-order valence-electron chi connectivity index (χ2n) is 6.81. The molecule has 0 saturated heterocycles. The summed E-state index contributed by atoms with van der Waals surface area (Å²) in [4.78, 5) is 8.93. The van der Waals surface area contributed by atoms with E-state index in [1.165, 1.54) is 0 Å². The molecule has 0 spiro atoms. The molecule has 224 valence electrons. The molecular weight excluding hydrogens is 758 g/mol. The summed E-state index contributed by atoms with van der Waals surface area (Å²) < 4.78 is 204. The zero-order valence-electron chi connectivity index (χ0n) is 18.7. The Bertz CT molecular complexity index is 1370. The van der Waals surface area contributed by atoms with Gasteiger partial charge in [-0.2, -0.15) is 0 Å². The van der Waals surface area contributed by atoms with E-state index in [1.54, 1.807) is 0 Å². The van der Waals surface area contributed by atoms with Crippen LogP contribution in [0.5, 0.6) is 0 Å². The van der Waals surface area contributed by atoms with Gasteiger partial charge in [-0.15, -0.1) is 0 Å². The third-order valence-electron chi connectivity index (χ3n) is 4.24. The Kier molecular flexibility index (Phi) is 10.1. The van der Waals surface area contributed by atoms with Crippen LogP contribution in [0.4, 0.5) is 70.2 Å². The molecule has 42 heavy (non-hydrogen) atoms.